The normalized spacial score (nSPS) is 12.1. The molecule has 1 N–H and O–H groups in total. The van der Waals surface area contributed by atoms with E-state index in [-0.39, 0.29) is 16.7 Å². The van der Waals surface area contributed by atoms with Crippen molar-refractivity contribution >= 4 is 11.4 Å². The number of nitro benzene ring substituents is 1. The first-order valence-corrected chi connectivity index (χ1v) is 7.65. The van der Waals surface area contributed by atoms with Gasteiger partial charge in [-0.15, -0.1) is 0 Å². The summed E-state index contributed by atoms with van der Waals surface area (Å²) >= 11 is 0. The second kappa shape index (κ2) is 9.34. The summed E-state index contributed by atoms with van der Waals surface area (Å²) in [5.41, 5.74) is 1.80. The largest absolute Gasteiger partial charge is 0.388 e. The number of hydrogen-bond acceptors (Lipinski definition) is 4. The smallest absolute Gasteiger partial charge is 0.269 e. The lowest BCUT2D eigenvalue weighted by atomic mass is 10.1. The average molecular weight is 294 g/mol. The molecule has 0 aromatic heterocycles. The lowest BCUT2D eigenvalue weighted by Gasteiger charge is -2.15. The molecule has 0 aliphatic heterocycles. The van der Waals surface area contributed by atoms with E-state index in [0.717, 1.165) is 17.7 Å². The summed E-state index contributed by atoms with van der Waals surface area (Å²) in [5, 5.41) is 13.9. The van der Waals surface area contributed by atoms with Crippen molar-refractivity contribution in [2.45, 2.75) is 58.7 Å². The second-order valence-corrected chi connectivity index (χ2v) is 5.32. The van der Waals surface area contributed by atoms with Crippen LogP contribution < -0.4 is 5.32 Å². The van der Waals surface area contributed by atoms with E-state index in [1.807, 2.05) is 0 Å². The molecule has 0 spiro atoms. The van der Waals surface area contributed by atoms with Gasteiger partial charge in [0.25, 0.3) is 5.69 Å². The molecule has 0 radical (unpaired) electrons. The summed E-state index contributed by atoms with van der Waals surface area (Å²) in [6.07, 6.45) is 6.11. The fourth-order valence-electron chi connectivity index (χ4n) is 2.23. The van der Waals surface area contributed by atoms with Gasteiger partial charge in [-0.2, -0.15) is 0 Å². The van der Waals surface area contributed by atoms with Crippen molar-refractivity contribution in [3.8, 4) is 0 Å². The van der Waals surface area contributed by atoms with Crippen molar-refractivity contribution in [2.75, 3.05) is 12.4 Å². The van der Waals surface area contributed by atoms with Crippen molar-refractivity contribution in [2.24, 2.45) is 0 Å². The van der Waals surface area contributed by atoms with Crippen LogP contribution in [0, 0.1) is 10.1 Å². The van der Waals surface area contributed by atoms with E-state index in [0.29, 0.717) is 6.61 Å². The van der Waals surface area contributed by atoms with Gasteiger partial charge >= 0.3 is 0 Å². The maximum Gasteiger partial charge on any atom is 0.269 e. The number of rotatable bonds is 10. The molecule has 1 unspecified atom stereocenters. The molecule has 0 aliphatic rings. The van der Waals surface area contributed by atoms with E-state index >= 15 is 0 Å². The number of nitrogens with zero attached hydrogens (tertiary/aromatic N) is 1. The first-order valence-electron chi connectivity index (χ1n) is 7.65. The maximum absolute atomic E-state index is 10.8. The summed E-state index contributed by atoms with van der Waals surface area (Å²) in [6, 6.07) is 4.81. The standard InChI is InChI=1S/C16H26N2O3/c1-4-5-6-7-8-13(2)21-12-14-11-15(18(19)20)9-10-16(14)17-3/h9-11,13,17H,4-8,12H2,1-3H3. The summed E-state index contributed by atoms with van der Waals surface area (Å²) in [4.78, 5) is 10.5. The van der Waals surface area contributed by atoms with Gasteiger partial charge in [-0.3, -0.25) is 10.1 Å². The molecule has 0 heterocycles. The number of nitro groups is 1. The van der Waals surface area contributed by atoms with Gasteiger partial charge in [0.2, 0.25) is 0 Å². The Morgan fingerprint density at radius 2 is 2.10 bits per heavy atom. The van der Waals surface area contributed by atoms with Crippen LogP contribution in [0.4, 0.5) is 11.4 Å². The fraction of sp³-hybridized carbons (Fsp3) is 0.625. The number of anilines is 1. The fourth-order valence-corrected chi connectivity index (χ4v) is 2.23. The van der Waals surface area contributed by atoms with E-state index in [2.05, 4.69) is 19.2 Å². The average Bonchev–Trinajstić information content (AvgIpc) is 2.49. The second-order valence-electron chi connectivity index (χ2n) is 5.32. The minimum Gasteiger partial charge on any atom is -0.388 e. The van der Waals surface area contributed by atoms with Crippen LogP contribution in [0.2, 0.25) is 0 Å². The Hall–Kier alpha value is -1.62. The Morgan fingerprint density at radius 1 is 1.33 bits per heavy atom. The predicted octanol–water partition coefficient (Wildman–Crippen LogP) is 4.51. The molecule has 0 fully saturated rings. The van der Waals surface area contributed by atoms with Gasteiger partial charge in [0.05, 0.1) is 17.6 Å². The molecule has 118 valence electrons. The van der Waals surface area contributed by atoms with Crippen molar-refractivity contribution in [3.63, 3.8) is 0 Å². The molecule has 1 aromatic rings. The van der Waals surface area contributed by atoms with Crippen LogP contribution >= 0.6 is 0 Å². The minimum absolute atomic E-state index is 0.100. The Kier molecular flexibility index (Phi) is 7.75. The van der Waals surface area contributed by atoms with Gasteiger partial charge in [0.15, 0.2) is 0 Å². The van der Waals surface area contributed by atoms with Crippen LogP contribution in [0.5, 0.6) is 0 Å². The Labute approximate surface area is 126 Å². The molecule has 0 aliphatic carbocycles. The molecule has 1 atom stereocenters. The third kappa shape index (κ3) is 6.12. The molecule has 0 saturated heterocycles. The lowest BCUT2D eigenvalue weighted by Crippen LogP contribution is -2.09. The minimum atomic E-state index is -0.378. The van der Waals surface area contributed by atoms with E-state index in [4.69, 9.17) is 4.74 Å². The Balaban J connectivity index is 2.53. The molecule has 5 nitrogen and oxygen atoms in total. The number of non-ortho nitro benzene ring substituents is 1. The van der Waals surface area contributed by atoms with Gasteiger partial charge in [0, 0.05) is 30.4 Å². The zero-order valence-electron chi connectivity index (χ0n) is 13.2. The number of benzene rings is 1. The van der Waals surface area contributed by atoms with Gasteiger partial charge in [-0.05, 0) is 19.4 Å². The third-order valence-electron chi connectivity index (χ3n) is 3.56. The van der Waals surface area contributed by atoms with Crippen LogP contribution in [-0.4, -0.2) is 18.1 Å². The Morgan fingerprint density at radius 3 is 2.71 bits per heavy atom. The molecule has 1 rings (SSSR count). The summed E-state index contributed by atoms with van der Waals surface area (Å²) < 4.78 is 5.82. The maximum atomic E-state index is 10.8. The van der Waals surface area contributed by atoms with Crippen LogP contribution in [0.15, 0.2) is 18.2 Å². The molecule has 5 heteroatoms. The summed E-state index contributed by atoms with van der Waals surface area (Å²) in [7, 11) is 1.80. The molecular formula is C16H26N2O3. The topological polar surface area (TPSA) is 64.4 Å². The van der Waals surface area contributed by atoms with Crippen molar-refractivity contribution in [3.05, 3.63) is 33.9 Å². The third-order valence-corrected chi connectivity index (χ3v) is 3.56. The highest BCUT2D eigenvalue weighted by Gasteiger charge is 2.11. The summed E-state index contributed by atoms with van der Waals surface area (Å²) in [5.74, 6) is 0. The molecule has 0 saturated carbocycles. The first-order chi connectivity index (χ1) is 10.1. The van der Waals surface area contributed by atoms with Crippen molar-refractivity contribution < 1.29 is 9.66 Å². The molecule has 0 amide bonds. The van der Waals surface area contributed by atoms with E-state index in [1.165, 1.54) is 31.7 Å². The monoisotopic (exact) mass is 294 g/mol. The highest BCUT2D eigenvalue weighted by Crippen LogP contribution is 2.23. The van der Waals surface area contributed by atoms with Gasteiger partial charge in [0.1, 0.15) is 0 Å². The van der Waals surface area contributed by atoms with Crippen LogP contribution in [0.1, 0.15) is 51.5 Å². The quantitative estimate of drug-likeness (QED) is 0.391. The number of ether oxygens (including phenoxy) is 1. The SMILES string of the molecule is CCCCCCC(C)OCc1cc([N+](=O)[O-])ccc1NC. The van der Waals surface area contributed by atoms with E-state index < -0.39 is 0 Å². The van der Waals surface area contributed by atoms with Crippen molar-refractivity contribution in [1.82, 2.24) is 0 Å². The van der Waals surface area contributed by atoms with Crippen LogP contribution in [-0.2, 0) is 11.3 Å². The summed E-state index contributed by atoms with van der Waals surface area (Å²) in [6.45, 7) is 4.65. The highest BCUT2D eigenvalue weighted by atomic mass is 16.6. The molecule has 0 bridgehead atoms. The molecular weight excluding hydrogens is 268 g/mol. The van der Waals surface area contributed by atoms with Crippen LogP contribution in [0.3, 0.4) is 0 Å². The molecule has 1 aromatic carbocycles. The highest BCUT2D eigenvalue weighted by molar-refractivity contribution is 5.55. The van der Waals surface area contributed by atoms with E-state index in [1.54, 1.807) is 19.2 Å². The van der Waals surface area contributed by atoms with Gasteiger partial charge in [-0.25, -0.2) is 0 Å². The number of hydrogen-bond donors (Lipinski definition) is 1. The lowest BCUT2D eigenvalue weighted by molar-refractivity contribution is -0.384. The van der Waals surface area contributed by atoms with Gasteiger partial charge < -0.3 is 10.1 Å². The van der Waals surface area contributed by atoms with E-state index in [9.17, 15) is 10.1 Å². The zero-order valence-corrected chi connectivity index (χ0v) is 13.2. The van der Waals surface area contributed by atoms with Gasteiger partial charge in [-0.1, -0.05) is 32.6 Å². The number of unbranched alkanes of at least 4 members (excludes halogenated alkanes) is 3. The number of nitrogens with one attached hydrogen (secondary N) is 1. The first kappa shape index (κ1) is 17.4. The zero-order chi connectivity index (χ0) is 15.7. The Bertz CT molecular complexity index is 449. The predicted molar refractivity (Wildman–Crippen MR) is 85.7 cm³/mol. The molecule has 21 heavy (non-hydrogen) atoms. The van der Waals surface area contributed by atoms with Crippen molar-refractivity contribution in [1.29, 1.82) is 0 Å². The van der Waals surface area contributed by atoms with Crippen LogP contribution in [0.25, 0.3) is 0 Å².